The lowest BCUT2D eigenvalue weighted by molar-refractivity contribution is -0.141. The van der Waals surface area contributed by atoms with Gasteiger partial charge in [-0.3, -0.25) is 0 Å². The molecule has 0 radical (unpaired) electrons. The quantitative estimate of drug-likeness (QED) is 0.462. The summed E-state index contributed by atoms with van der Waals surface area (Å²) >= 11 is 0. The fourth-order valence-electron chi connectivity index (χ4n) is 3.17. The first-order valence-corrected chi connectivity index (χ1v) is 10.8. The first-order valence-electron chi connectivity index (χ1n) is 8.88. The van der Waals surface area contributed by atoms with Gasteiger partial charge in [0, 0.05) is 23.6 Å². The van der Waals surface area contributed by atoms with Crippen LogP contribution in [0.1, 0.15) is 11.3 Å². The zero-order valence-electron chi connectivity index (χ0n) is 16.3. The minimum absolute atomic E-state index is 0.0470. The van der Waals surface area contributed by atoms with E-state index in [1.165, 1.54) is 31.0 Å². The van der Waals surface area contributed by atoms with Gasteiger partial charge in [0.25, 0.3) is 0 Å². The van der Waals surface area contributed by atoms with Crippen molar-refractivity contribution >= 4 is 9.84 Å². The molecule has 1 aromatic carbocycles. The number of sulfone groups is 1. The van der Waals surface area contributed by atoms with Crippen molar-refractivity contribution in [1.29, 1.82) is 0 Å². The Labute approximate surface area is 175 Å². The van der Waals surface area contributed by atoms with Gasteiger partial charge in [-0.05, 0) is 36.8 Å². The lowest BCUT2D eigenvalue weighted by Gasteiger charge is -2.12. The molecule has 4 aromatic rings. The Morgan fingerprint density at radius 3 is 2.48 bits per heavy atom. The van der Waals surface area contributed by atoms with E-state index in [1.807, 2.05) is 0 Å². The van der Waals surface area contributed by atoms with Crippen LogP contribution in [-0.2, 0) is 16.0 Å². The van der Waals surface area contributed by atoms with Crippen LogP contribution in [0, 0.1) is 6.92 Å². The van der Waals surface area contributed by atoms with Crippen LogP contribution in [0.25, 0.3) is 28.3 Å². The molecule has 0 bridgehead atoms. The number of alkyl halides is 3. The molecule has 0 aliphatic rings. The molecule has 0 unspecified atom stereocenters. The first kappa shape index (κ1) is 20.8. The van der Waals surface area contributed by atoms with Crippen molar-refractivity contribution in [2.75, 3.05) is 6.26 Å². The summed E-state index contributed by atoms with van der Waals surface area (Å²) in [5, 5.41) is 3.64. The minimum atomic E-state index is -4.73. The summed E-state index contributed by atoms with van der Waals surface area (Å²) in [6.45, 7) is 1.78. The van der Waals surface area contributed by atoms with Gasteiger partial charge in [0.1, 0.15) is 16.9 Å². The largest absolute Gasteiger partial charge is 0.451 e. The number of hydrogen-bond acceptors (Lipinski definition) is 6. The molecule has 0 aliphatic carbocycles. The number of rotatable bonds is 4. The fourth-order valence-corrected chi connectivity index (χ4v) is 3.97. The van der Waals surface area contributed by atoms with Crippen LogP contribution in [0.15, 0.2) is 64.6 Å². The van der Waals surface area contributed by atoms with Crippen LogP contribution < -0.4 is 0 Å². The van der Waals surface area contributed by atoms with Crippen molar-refractivity contribution in [3.8, 4) is 28.3 Å². The maximum absolute atomic E-state index is 13.4. The molecule has 3 heterocycles. The smallest absolute Gasteiger partial charge is 0.435 e. The summed E-state index contributed by atoms with van der Waals surface area (Å²) in [6, 6.07) is 8.50. The number of aromatic nitrogens is 4. The molecule has 7 nitrogen and oxygen atoms in total. The topological polar surface area (TPSA) is 90.9 Å². The van der Waals surface area contributed by atoms with Gasteiger partial charge in [0.15, 0.2) is 27.7 Å². The third kappa shape index (κ3) is 3.96. The van der Waals surface area contributed by atoms with E-state index in [0.717, 1.165) is 28.1 Å². The molecule has 11 heteroatoms. The number of oxazole rings is 1. The van der Waals surface area contributed by atoms with Gasteiger partial charge >= 0.3 is 6.18 Å². The van der Waals surface area contributed by atoms with Crippen molar-refractivity contribution in [3.05, 3.63) is 66.5 Å². The zero-order valence-corrected chi connectivity index (χ0v) is 17.1. The van der Waals surface area contributed by atoms with E-state index in [2.05, 4.69) is 15.1 Å². The molecule has 0 saturated carbocycles. The average Bonchev–Trinajstić information content (AvgIpc) is 3.37. The Hall–Kier alpha value is -3.47. The standard InChI is InChI=1S/C20H15F3N4O3S/c1-12-8-13(5-6-14(12)15-10-30-11-25-15)16-9-18(20(21,22)23)26-27(16)19-17(31(2,28)29)4-3-7-24-19/h3-11H,1-2H3. The minimum Gasteiger partial charge on any atom is -0.451 e. The Morgan fingerprint density at radius 1 is 1.10 bits per heavy atom. The highest BCUT2D eigenvalue weighted by molar-refractivity contribution is 7.90. The van der Waals surface area contributed by atoms with Gasteiger partial charge < -0.3 is 4.42 Å². The third-order valence-electron chi connectivity index (χ3n) is 4.58. The van der Waals surface area contributed by atoms with Crippen molar-refractivity contribution in [2.45, 2.75) is 18.0 Å². The van der Waals surface area contributed by atoms with Gasteiger partial charge in [-0.15, -0.1) is 0 Å². The van der Waals surface area contributed by atoms with Crippen LogP contribution in [0.3, 0.4) is 0 Å². The highest BCUT2D eigenvalue weighted by Gasteiger charge is 2.36. The second kappa shape index (κ2) is 7.34. The Balaban J connectivity index is 1.94. The lowest BCUT2D eigenvalue weighted by atomic mass is 10.0. The summed E-state index contributed by atoms with van der Waals surface area (Å²) in [5.41, 5.74) is 1.35. The number of pyridine rings is 1. The maximum atomic E-state index is 13.4. The predicted octanol–water partition coefficient (Wildman–Crippen LogP) is 4.32. The summed E-state index contributed by atoms with van der Waals surface area (Å²) in [5.74, 6) is -0.214. The number of nitrogens with zero attached hydrogens (tertiary/aromatic N) is 4. The molecule has 0 amide bonds. The lowest BCUT2D eigenvalue weighted by Crippen LogP contribution is -2.11. The van der Waals surface area contributed by atoms with Crippen molar-refractivity contribution in [1.82, 2.24) is 19.7 Å². The summed E-state index contributed by atoms with van der Waals surface area (Å²) < 4.78 is 70.6. The van der Waals surface area contributed by atoms with Crippen LogP contribution in [0.4, 0.5) is 13.2 Å². The molecule has 160 valence electrons. The summed E-state index contributed by atoms with van der Waals surface area (Å²) in [4.78, 5) is 7.86. The van der Waals surface area contributed by atoms with E-state index in [4.69, 9.17) is 4.42 Å². The van der Waals surface area contributed by atoms with E-state index in [0.29, 0.717) is 11.3 Å². The highest BCUT2D eigenvalue weighted by Crippen LogP contribution is 2.35. The summed E-state index contributed by atoms with van der Waals surface area (Å²) in [7, 11) is -3.77. The Bertz CT molecular complexity index is 1360. The van der Waals surface area contributed by atoms with Crippen LogP contribution in [-0.4, -0.2) is 34.4 Å². The molecule has 0 spiro atoms. The highest BCUT2D eigenvalue weighted by atomic mass is 32.2. The predicted molar refractivity (Wildman–Crippen MR) is 105 cm³/mol. The molecule has 3 aromatic heterocycles. The molecule has 0 aliphatic heterocycles. The summed E-state index contributed by atoms with van der Waals surface area (Å²) in [6.07, 6.45) is 0.261. The number of aryl methyl sites for hydroxylation is 1. The normalized spacial score (nSPS) is 12.3. The Kier molecular flexibility index (Phi) is 4.92. The number of hydrogen-bond donors (Lipinski definition) is 0. The van der Waals surface area contributed by atoms with Crippen LogP contribution in [0.2, 0.25) is 0 Å². The van der Waals surface area contributed by atoms with Crippen molar-refractivity contribution in [2.24, 2.45) is 0 Å². The van der Waals surface area contributed by atoms with E-state index in [-0.39, 0.29) is 16.4 Å². The van der Waals surface area contributed by atoms with Crippen molar-refractivity contribution < 1.29 is 26.0 Å². The molecule has 0 fully saturated rings. The van der Waals surface area contributed by atoms with E-state index in [1.54, 1.807) is 25.1 Å². The second-order valence-electron chi connectivity index (χ2n) is 6.83. The second-order valence-corrected chi connectivity index (χ2v) is 8.81. The van der Waals surface area contributed by atoms with Gasteiger partial charge in [0.2, 0.25) is 0 Å². The van der Waals surface area contributed by atoms with Crippen LogP contribution >= 0.6 is 0 Å². The van der Waals surface area contributed by atoms with Crippen LogP contribution in [0.5, 0.6) is 0 Å². The third-order valence-corrected chi connectivity index (χ3v) is 5.70. The average molecular weight is 448 g/mol. The fraction of sp³-hybridized carbons (Fsp3) is 0.150. The molecule has 0 saturated heterocycles. The van der Waals surface area contributed by atoms with Gasteiger partial charge in [0.05, 0.1) is 5.69 Å². The van der Waals surface area contributed by atoms with E-state index < -0.39 is 21.7 Å². The molecular formula is C20H15F3N4O3S. The monoisotopic (exact) mass is 448 g/mol. The molecule has 31 heavy (non-hydrogen) atoms. The molecule has 0 N–H and O–H groups in total. The maximum Gasteiger partial charge on any atom is 0.435 e. The SMILES string of the molecule is Cc1cc(-c2cc(C(F)(F)F)nn2-c2ncccc2S(C)(=O)=O)ccc1-c1cocn1. The molecule has 4 rings (SSSR count). The van der Waals surface area contributed by atoms with E-state index >= 15 is 0 Å². The van der Waals surface area contributed by atoms with Gasteiger partial charge in [-0.1, -0.05) is 12.1 Å². The van der Waals surface area contributed by atoms with Crippen molar-refractivity contribution in [3.63, 3.8) is 0 Å². The number of benzene rings is 1. The number of halogens is 3. The zero-order chi connectivity index (χ0) is 22.4. The molecular weight excluding hydrogens is 433 g/mol. The van der Waals surface area contributed by atoms with E-state index in [9.17, 15) is 21.6 Å². The van der Waals surface area contributed by atoms with Gasteiger partial charge in [-0.25, -0.2) is 23.1 Å². The first-order chi connectivity index (χ1) is 14.6. The van der Waals surface area contributed by atoms with Gasteiger partial charge in [-0.2, -0.15) is 18.3 Å². The molecule has 0 atom stereocenters. The Morgan fingerprint density at radius 2 is 1.87 bits per heavy atom.